The van der Waals surface area contributed by atoms with E-state index in [2.05, 4.69) is 0 Å². The molecule has 14 heavy (non-hydrogen) atoms. The average Bonchev–Trinajstić information content (AvgIpc) is 2.19. The van der Waals surface area contributed by atoms with Crippen LogP contribution in [0.25, 0.3) is 0 Å². The van der Waals surface area contributed by atoms with E-state index in [9.17, 15) is 9.90 Å². The van der Waals surface area contributed by atoms with Crippen LogP contribution in [0.4, 0.5) is 0 Å². The molecule has 66 valence electrons. The Bertz CT molecular complexity index is 385. The summed E-state index contributed by atoms with van der Waals surface area (Å²) in [5.41, 5.74) is 0.648. The van der Waals surface area contributed by atoms with Crippen molar-refractivity contribution in [2.75, 3.05) is 6.61 Å². The molecule has 0 spiro atoms. The summed E-state index contributed by atoms with van der Waals surface area (Å²) < 4.78 is 5.21. The topological polar surface area (TPSA) is 49.4 Å². The maximum atomic E-state index is 11.5. The largest absolute Gasteiger partial charge is 1.00 e. The van der Waals surface area contributed by atoms with Crippen molar-refractivity contribution in [1.82, 2.24) is 0 Å². The van der Waals surface area contributed by atoms with Crippen LogP contribution in [0.1, 0.15) is 10.4 Å². The van der Waals surface area contributed by atoms with Crippen LogP contribution in [0.2, 0.25) is 0 Å². The molecular weight excluding hydrogens is 191 g/mol. The fraction of sp³-hybridized carbons (Fsp3) is 0.100. The van der Waals surface area contributed by atoms with Gasteiger partial charge in [0, 0.05) is 5.57 Å². The van der Waals surface area contributed by atoms with Crippen LogP contribution in [-0.4, -0.2) is 12.4 Å². The van der Waals surface area contributed by atoms with E-state index < -0.39 is 0 Å². The molecule has 0 N–H and O–H groups in total. The van der Waals surface area contributed by atoms with Crippen molar-refractivity contribution in [3.8, 4) is 5.75 Å². The number of rotatable bonds is 0. The number of ketones is 1. The summed E-state index contributed by atoms with van der Waals surface area (Å²) in [6.07, 6.45) is 0.554. The van der Waals surface area contributed by atoms with E-state index in [-0.39, 0.29) is 47.5 Å². The minimum absolute atomic E-state index is 0. The van der Waals surface area contributed by atoms with Gasteiger partial charge in [-0.2, -0.15) is 0 Å². The van der Waals surface area contributed by atoms with Crippen LogP contribution in [-0.2, 0) is 0 Å². The van der Waals surface area contributed by atoms with Crippen molar-refractivity contribution in [3.05, 3.63) is 41.7 Å². The van der Waals surface area contributed by atoms with E-state index in [1.54, 1.807) is 24.3 Å². The third-order valence-electron chi connectivity index (χ3n) is 1.95. The van der Waals surface area contributed by atoms with Crippen LogP contribution in [0.3, 0.4) is 0 Å². The van der Waals surface area contributed by atoms with E-state index in [1.807, 2.05) is 0 Å². The molecular formula is C10H7NaO3. The van der Waals surface area contributed by atoms with Gasteiger partial charge < -0.3 is 9.84 Å². The van der Waals surface area contributed by atoms with Crippen LogP contribution in [0.5, 0.6) is 5.75 Å². The summed E-state index contributed by atoms with van der Waals surface area (Å²) in [5.74, 6) is 0.329. The second-order valence-electron chi connectivity index (χ2n) is 2.76. The molecule has 4 heteroatoms. The minimum Gasteiger partial charge on any atom is -0.878 e. The molecule has 0 saturated carbocycles. The zero-order valence-corrected chi connectivity index (χ0v) is 9.82. The first-order valence-electron chi connectivity index (χ1n) is 3.90. The Balaban J connectivity index is 0.000000980. The first-order valence-corrected chi connectivity index (χ1v) is 3.90. The van der Waals surface area contributed by atoms with Crippen LogP contribution in [0, 0.1) is 0 Å². The van der Waals surface area contributed by atoms with Gasteiger partial charge in [-0.15, -0.1) is 6.26 Å². The first-order chi connectivity index (χ1) is 6.33. The Kier molecular flexibility index (Phi) is 3.75. The van der Waals surface area contributed by atoms with E-state index in [0.29, 0.717) is 17.6 Å². The maximum Gasteiger partial charge on any atom is 1.00 e. The monoisotopic (exact) mass is 198 g/mol. The number of benzene rings is 1. The van der Waals surface area contributed by atoms with E-state index in [1.165, 1.54) is 0 Å². The van der Waals surface area contributed by atoms with Crippen molar-refractivity contribution < 1.29 is 44.2 Å². The van der Waals surface area contributed by atoms with Crippen molar-refractivity contribution in [2.24, 2.45) is 0 Å². The fourth-order valence-corrected chi connectivity index (χ4v) is 1.26. The summed E-state index contributed by atoms with van der Waals surface area (Å²) in [6.45, 7) is 0.0827. The SMILES string of the molecule is O=C1/C(=C\[O-])COc2ccccc21.[Na+]. The van der Waals surface area contributed by atoms with Gasteiger partial charge in [-0.25, -0.2) is 0 Å². The molecule has 0 atom stereocenters. The molecule has 1 aliphatic rings. The Hall–Kier alpha value is -0.770. The van der Waals surface area contributed by atoms with E-state index >= 15 is 0 Å². The smallest absolute Gasteiger partial charge is 0.878 e. The number of ether oxygens (including phenoxy) is 1. The van der Waals surface area contributed by atoms with Gasteiger partial charge in [-0.3, -0.25) is 4.79 Å². The summed E-state index contributed by atoms with van der Waals surface area (Å²) in [6, 6.07) is 6.90. The molecule has 3 nitrogen and oxygen atoms in total. The molecule has 0 saturated heterocycles. The molecule has 0 fully saturated rings. The standard InChI is InChI=1S/C10H8O3.Na/c11-5-7-6-13-9-4-2-1-3-8(9)10(7)12;/h1-5,11H,6H2;/q;+1/p-1/b7-5-;. The normalized spacial score (nSPS) is 16.9. The molecule has 0 unspecified atom stereocenters. The van der Waals surface area contributed by atoms with E-state index in [0.717, 1.165) is 0 Å². The number of carbonyl (C=O) groups is 1. The summed E-state index contributed by atoms with van der Waals surface area (Å²) in [4.78, 5) is 11.5. The Labute approximate surface area is 104 Å². The number of para-hydroxylation sites is 1. The molecule has 0 radical (unpaired) electrons. The molecule has 2 rings (SSSR count). The van der Waals surface area contributed by atoms with Crippen molar-refractivity contribution >= 4 is 5.78 Å². The third-order valence-corrected chi connectivity index (χ3v) is 1.95. The van der Waals surface area contributed by atoms with Gasteiger partial charge in [-0.05, 0) is 12.1 Å². The molecule has 1 aliphatic heterocycles. The number of Topliss-reactive ketones (excluding diaryl/α,β-unsaturated/α-hetero) is 1. The number of hydrogen-bond acceptors (Lipinski definition) is 3. The average molecular weight is 198 g/mol. The zero-order chi connectivity index (χ0) is 9.26. The zero-order valence-electron chi connectivity index (χ0n) is 7.82. The Morgan fingerprint density at radius 1 is 1.36 bits per heavy atom. The van der Waals surface area contributed by atoms with Gasteiger partial charge in [0.1, 0.15) is 12.4 Å². The van der Waals surface area contributed by atoms with Crippen LogP contribution in [0.15, 0.2) is 36.1 Å². The summed E-state index contributed by atoms with van der Waals surface area (Å²) in [7, 11) is 0. The first kappa shape index (κ1) is 11.3. The molecule has 0 aliphatic carbocycles. The molecule has 0 aromatic heterocycles. The van der Waals surface area contributed by atoms with Gasteiger partial charge in [0.25, 0.3) is 0 Å². The molecule has 0 bridgehead atoms. The van der Waals surface area contributed by atoms with Gasteiger partial charge in [0.2, 0.25) is 0 Å². The van der Waals surface area contributed by atoms with Crippen molar-refractivity contribution in [3.63, 3.8) is 0 Å². The van der Waals surface area contributed by atoms with Gasteiger partial charge >= 0.3 is 29.6 Å². The van der Waals surface area contributed by atoms with Gasteiger partial charge in [0.15, 0.2) is 5.78 Å². The second-order valence-corrected chi connectivity index (χ2v) is 2.76. The maximum absolute atomic E-state index is 11.5. The molecule has 0 amide bonds. The van der Waals surface area contributed by atoms with Crippen molar-refractivity contribution in [1.29, 1.82) is 0 Å². The second kappa shape index (κ2) is 4.64. The van der Waals surface area contributed by atoms with Crippen LogP contribution < -0.4 is 39.4 Å². The number of hydrogen-bond donors (Lipinski definition) is 0. The summed E-state index contributed by atoms with van der Waals surface area (Å²) in [5, 5.41) is 10.4. The van der Waals surface area contributed by atoms with Crippen LogP contribution >= 0.6 is 0 Å². The van der Waals surface area contributed by atoms with E-state index in [4.69, 9.17) is 4.74 Å². The van der Waals surface area contributed by atoms with Gasteiger partial charge in [-0.1, -0.05) is 12.1 Å². The minimum atomic E-state index is -0.225. The predicted octanol–water partition coefficient (Wildman–Crippen LogP) is -2.49. The Morgan fingerprint density at radius 3 is 2.79 bits per heavy atom. The quantitative estimate of drug-likeness (QED) is 0.263. The Morgan fingerprint density at radius 2 is 2.07 bits per heavy atom. The number of fused-ring (bicyclic) bond motifs is 1. The summed E-state index contributed by atoms with van der Waals surface area (Å²) >= 11 is 0. The predicted molar refractivity (Wildman–Crippen MR) is 44.4 cm³/mol. The molecule has 1 heterocycles. The molecule has 1 aromatic carbocycles. The fourth-order valence-electron chi connectivity index (χ4n) is 1.26. The number of carbonyl (C=O) groups excluding carboxylic acids is 1. The third kappa shape index (κ3) is 1.85. The van der Waals surface area contributed by atoms with Gasteiger partial charge in [0.05, 0.1) is 5.56 Å². The molecule has 1 aromatic rings. The van der Waals surface area contributed by atoms with Crippen molar-refractivity contribution in [2.45, 2.75) is 0 Å².